The Balaban J connectivity index is 0.00000961. The standard InChI is InChI=1S/C43H58N6O10.ClH/c1-29(2)25-36(43(55)49-17-19-56-21-23-58-37-11-7-8-12-38(37)59-24-22-57-20-18-49)48-42(54)35(27-31-9-5-4-6-10-31)47-39(51)28-45-40(52)30(3)46-41(53)34(44)26-32-13-15-33(50)16-14-32;/h4-16,29-30,34-36,50H,17-28,44H2,1-3H3,(H,45,52)(H,46,53)(H,47,51)(H,48,54);1H. The third kappa shape index (κ3) is 17.0. The molecule has 0 spiro atoms. The number of nitrogens with two attached hydrogens (primary N) is 1. The average Bonchev–Trinajstić information content (AvgIpc) is 3.22. The molecule has 3 aromatic carbocycles. The van der Waals surface area contributed by atoms with Crippen LogP contribution in [0.25, 0.3) is 0 Å². The van der Waals surface area contributed by atoms with Crippen molar-refractivity contribution in [3.05, 3.63) is 90.0 Å². The van der Waals surface area contributed by atoms with Crippen LogP contribution in [0.3, 0.4) is 0 Å². The first kappa shape index (κ1) is 48.9. The quantitative estimate of drug-likeness (QED) is 0.130. The number of aromatic hydroxyl groups is 1. The Morgan fingerprint density at radius 2 is 1.23 bits per heavy atom. The van der Waals surface area contributed by atoms with Gasteiger partial charge in [0, 0.05) is 19.5 Å². The Bertz CT molecular complexity index is 1770. The van der Waals surface area contributed by atoms with Gasteiger partial charge in [0.1, 0.15) is 37.1 Å². The van der Waals surface area contributed by atoms with Crippen molar-refractivity contribution in [2.45, 2.75) is 64.2 Å². The number of carbonyl (C=O) groups excluding carboxylic acids is 5. The summed E-state index contributed by atoms with van der Waals surface area (Å²) in [4.78, 5) is 68.6. The number of ether oxygens (including phenoxy) is 4. The number of nitrogens with zero attached hydrogens (tertiary/aromatic N) is 1. The molecule has 328 valence electrons. The molecule has 0 bridgehead atoms. The van der Waals surface area contributed by atoms with Gasteiger partial charge in [-0.3, -0.25) is 24.0 Å². The molecule has 4 rings (SSSR count). The van der Waals surface area contributed by atoms with Gasteiger partial charge in [0.2, 0.25) is 29.5 Å². The molecular formula is C43H59ClN6O10. The van der Waals surface area contributed by atoms with Crippen molar-refractivity contribution in [3.8, 4) is 17.2 Å². The molecule has 16 nitrogen and oxygen atoms in total. The van der Waals surface area contributed by atoms with Crippen LogP contribution < -0.4 is 36.5 Å². The number of hydrogen-bond donors (Lipinski definition) is 6. The second-order valence-electron chi connectivity index (χ2n) is 14.6. The summed E-state index contributed by atoms with van der Waals surface area (Å²) in [6.45, 7) is 6.92. The summed E-state index contributed by atoms with van der Waals surface area (Å²) in [7, 11) is 0. The number of rotatable bonds is 15. The summed E-state index contributed by atoms with van der Waals surface area (Å²) >= 11 is 0. The molecule has 0 saturated carbocycles. The maximum Gasteiger partial charge on any atom is 0.245 e. The molecule has 1 aliphatic heterocycles. The Morgan fingerprint density at radius 1 is 0.667 bits per heavy atom. The minimum absolute atomic E-state index is 0. The largest absolute Gasteiger partial charge is 0.508 e. The van der Waals surface area contributed by atoms with Crippen LogP contribution >= 0.6 is 12.4 Å². The molecule has 0 fully saturated rings. The smallest absolute Gasteiger partial charge is 0.245 e. The van der Waals surface area contributed by atoms with Gasteiger partial charge in [-0.1, -0.05) is 68.4 Å². The number of hydrogen-bond acceptors (Lipinski definition) is 11. The molecule has 0 aromatic heterocycles. The lowest BCUT2D eigenvalue weighted by atomic mass is 10.0. The maximum absolute atomic E-state index is 14.1. The van der Waals surface area contributed by atoms with Crippen molar-refractivity contribution in [2.75, 3.05) is 59.3 Å². The summed E-state index contributed by atoms with van der Waals surface area (Å²) in [6, 6.07) is 18.7. The summed E-state index contributed by atoms with van der Waals surface area (Å²) < 4.78 is 23.3. The fourth-order valence-electron chi connectivity index (χ4n) is 6.17. The van der Waals surface area contributed by atoms with Gasteiger partial charge < -0.3 is 56.0 Å². The van der Waals surface area contributed by atoms with E-state index in [1.165, 1.54) is 19.1 Å². The highest BCUT2D eigenvalue weighted by Crippen LogP contribution is 2.26. The Labute approximate surface area is 357 Å². The number of benzene rings is 3. The highest BCUT2D eigenvalue weighted by Gasteiger charge is 2.31. The highest BCUT2D eigenvalue weighted by atomic mass is 35.5. The minimum atomic E-state index is -1.10. The van der Waals surface area contributed by atoms with Gasteiger partial charge in [0.05, 0.1) is 39.0 Å². The van der Waals surface area contributed by atoms with E-state index in [0.29, 0.717) is 17.9 Å². The first-order valence-electron chi connectivity index (χ1n) is 19.9. The van der Waals surface area contributed by atoms with E-state index >= 15 is 0 Å². The fourth-order valence-corrected chi connectivity index (χ4v) is 6.17. The lowest BCUT2D eigenvalue weighted by Gasteiger charge is -2.30. The zero-order valence-electron chi connectivity index (χ0n) is 34.4. The van der Waals surface area contributed by atoms with Crippen LogP contribution in [-0.4, -0.2) is 123 Å². The van der Waals surface area contributed by atoms with Crippen molar-refractivity contribution in [2.24, 2.45) is 11.7 Å². The predicted molar refractivity (Wildman–Crippen MR) is 227 cm³/mol. The molecule has 0 radical (unpaired) electrons. The van der Waals surface area contributed by atoms with Crippen LogP contribution in [0.4, 0.5) is 0 Å². The summed E-state index contributed by atoms with van der Waals surface area (Å²) in [5, 5.41) is 20.2. The molecule has 7 N–H and O–H groups in total. The van der Waals surface area contributed by atoms with Gasteiger partial charge in [-0.2, -0.15) is 0 Å². The third-order valence-electron chi connectivity index (χ3n) is 9.30. The van der Waals surface area contributed by atoms with Gasteiger partial charge in [-0.05, 0) is 61.1 Å². The van der Waals surface area contributed by atoms with Gasteiger partial charge in [-0.25, -0.2) is 0 Å². The number of para-hydroxylation sites is 2. The lowest BCUT2D eigenvalue weighted by molar-refractivity contribution is -0.139. The van der Waals surface area contributed by atoms with Gasteiger partial charge >= 0.3 is 0 Å². The van der Waals surface area contributed by atoms with Gasteiger partial charge in [-0.15, -0.1) is 12.4 Å². The summed E-state index contributed by atoms with van der Waals surface area (Å²) in [5.41, 5.74) is 7.53. The van der Waals surface area contributed by atoms with Gasteiger partial charge in [0.15, 0.2) is 11.5 Å². The molecular weight excluding hydrogens is 796 g/mol. The number of amides is 5. The number of nitrogens with one attached hydrogen (secondary N) is 4. The zero-order chi connectivity index (χ0) is 42.6. The monoisotopic (exact) mass is 854 g/mol. The van der Waals surface area contributed by atoms with Crippen molar-refractivity contribution in [1.29, 1.82) is 0 Å². The van der Waals surface area contributed by atoms with Crippen LogP contribution in [-0.2, 0) is 46.3 Å². The van der Waals surface area contributed by atoms with E-state index in [1.807, 2.05) is 68.4 Å². The second-order valence-corrected chi connectivity index (χ2v) is 14.6. The molecule has 17 heteroatoms. The van der Waals surface area contributed by atoms with Crippen LogP contribution in [0.15, 0.2) is 78.9 Å². The van der Waals surface area contributed by atoms with E-state index in [9.17, 15) is 29.1 Å². The van der Waals surface area contributed by atoms with E-state index in [-0.39, 0.29) is 95.6 Å². The molecule has 3 aromatic rings. The molecule has 1 aliphatic rings. The second kappa shape index (κ2) is 25.9. The predicted octanol–water partition coefficient (Wildman–Crippen LogP) is 1.90. The van der Waals surface area contributed by atoms with Crippen LogP contribution in [0.1, 0.15) is 38.3 Å². The van der Waals surface area contributed by atoms with Crippen LogP contribution in [0.5, 0.6) is 17.2 Å². The van der Waals surface area contributed by atoms with Crippen LogP contribution in [0, 0.1) is 5.92 Å². The van der Waals surface area contributed by atoms with E-state index in [2.05, 4.69) is 21.3 Å². The summed E-state index contributed by atoms with van der Waals surface area (Å²) in [5.74, 6) is -1.44. The molecule has 4 unspecified atom stereocenters. The molecule has 0 saturated heterocycles. The van der Waals surface area contributed by atoms with Crippen molar-refractivity contribution >= 4 is 41.9 Å². The number of fused-ring (bicyclic) bond motifs is 1. The van der Waals surface area contributed by atoms with Crippen molar-refractivity contribution < 1.29 is 48.0 Å². The maximum atomic E-state index is 14.1. The van der Waals surface area contributed by atoms with E-state index in [1.54, 1.807) is 17.0 Å². The lowest BCUT2D eigenvalue weighted by Crippen LogP contribution is -2.57. The third-order valence-corrected chi connectivity index (χ3v) is 9.30. The molecule has 60 heavy (non-hydrogen) atoms. The Hall–Kier alpha value is -5.42. The molecule has 5 amide bonds. The number of halogens is 1. The average molecular weight is 855 g/mol. The molecule has 0 aliphatic carbocycles. The zero-order valence-corrected chi connectivity index (χ0v) is 35.2. The SMILES string of the molecule is CC(C)CC(NC(=O)C(Cc1ccccc1)NC(=O)CNC(=O)C(C)NC(=O)C(N)Cc1ccc(O)cc1)C(=O)N1CCOCCOc2ccccc2OCCOCC1.Cl. The fraction of sp³-hybridized carbons (Fsp3) is 0.465. The highest BCUT2D eigenvalue weighted by molar-refractivity contribution is 5.94. The number of phenolic OH excluding ortho intramolecular Hbond substituents is 1. The molecule has 1 heterocycles. The first-order valence-corrected chi connectivity index (χ1v) is 19.9. The van der Waals surface area contributed by atoms with E-state index < -0.39 is 54.3 Å². The van der Waals surface area contributed by atoms with E-state index in [4.69, 9.17) is 24.7 Å². The summed E-state index contributed by atoms with van der Waals surface area (Å²) in [6.07, 6.45) is 0.618. The Kier molecular flexibility index (Phi) is 21.2. The number of carbonyl (C=O) groups is 5. The number of phenols is 1. The van der Waals surface area contributed by atoms with Crippen molar-refractivity contribution in [1.82, 2.24) is 26.2 Å². The van der Waals surface area contributed by atoms with Crippen LogP contribution in [0.2, 0.25) is 0 Å². The van der Waals surface area contributed by atoms with Crippen molar-refractivity contribution in [3.63, 3.8) is 0 Å². The van der Waals surface area contributed by atoms with E-state index in [0.717, 1.165) is 11.1 Å². The normalized spacial score (nSPS) is 15.7. The topological polar surface area (TPSA) is 220 Å². The first-order chi connectivity index (χ1) is 28.4. The Morgan fingerprint density at radius 3 is 1.82 bits per heavy atom. The van der Waals surface area contributed by atoms with Gasteiger partial charge in [0.25, 0.3) is 0 Å². The molecule has 4 atom stereocenters. The minimum Gasteiger partial charge on any atom is -0.508 e.